The molecule has 0 aromatic heterocycles. The van der Waals surface area contributed by atoms with Gasteiger partial charge in [0.1, 0.15) is 10.7 Å². The minimum absolute atomic E-state index is 0.263. The summed E-state index contributed by atoms with van der Waals surface area (Å²) in [5, 5.41) is 0. The topological polar surface area (TPSA) is 77.0 Å². The fourth-order valence-corrected chi connectivity index (χ4v) is 4.96. The molecule has 0 aliphatic carbocycles. The van der Waals surface area contributed by atoms with Crippen LogP contribution in [0.3, 0.4) is 0 Å². The van der Waals surface area contributed by atoms with Crippen molar-refractivity contribution in [2.24, 2.45) is 4.99 Å². The third-order valence-corrected chi connectivity index (χ3v) is 6.44. The lowest BCUT2D eigenvalue weighted by atomic mass is 10.1. The van der Waals surface area contributed by atoms with Crippen molar-refractivity contribution in [2.75, 3.05) is 20.8 Å². The molecule has 0 saturated heterocycles. The van der Waals surface area contributed by atoms with Crippen molar-refractivity contribution in [3.05, 3.63) is 63.6 Å². The van der Waals surface area contributed by atoms with Crippen LogP contribution in [0.1, 0.15) is 18.1 Å². The van der Waals surface area contributed by atoms with Crippen LogP contribution in [0, 0.1) is 0 Å². The van der Waals surface area contributed by atoms with Crippen molar-refractivity contribution in [1.82, 2.24) is 4.72 Å². The Hall–Kier alpha value is -2.32. The lowest BCUT2D eigenvalue weighted by molar-refractivity contribution is 0.354. The minimum atomic E-state index is -3.63. The highest BCUT2D eigenvalue weighted by atomic mass is 79.9. The number of methoxy groups -OCH3 is 2. The number of rotatable bonds is 6. The zero-order chi connectivity index (χ0) is 20.3. The second-order valence-electron chi connectivity index (χ2n) is 6.24. The Balaban J connectivity index is 1.82. The van der Waals surface area contributed by atoms with Crippen LogP contribution in [0.25, 0.3) is 4.91 Å². The first-order valence-corrected chi connectivity index (χ1v) is 10.9. The highest BCUT2D eigenvalue weighted by Gasteiger charge is 2.32. The number of hydrogen-bond donors (Lipinski definition) is 1. The van der Waals surface area contributed by atoms with Crippen molar-refractivity contribution in [3.63, 3.8) is 0 Å². The van der Waals surface area contributed by atoms with Crippen molar-refractivity contribution >= 4 is 36.7 Å². The number of nitrogens with one attached hydrogen (secondary N) is 1. The normalized spacial score (nSPS) is 16.9. The van der Waals surface area contributed by atoms with Gasteiger partial charge in [0.25, 0.3) is 10.0 Å². The van der Waals surface area contributed by atoms with E-state index in [-0.39, 0.29) is 4.91 Å². The number of benzene rings is 2. The molecule has 2 aromatic carbocycles. The Morgan fingerprint density at radius 1 is 1.07 bits per heavy atom. The van der Waals surface area contributed by atoms with E-state index >= 15 is 0 Å². The molecule has 8 heteroatoms. The third-order valence-electron chi connectivity index (χ3n) is 4.40. The number of aliphatic imine (C=N–C) groups is 1. The fraction of sp³-hybridized carbons (Fsp3) is 0.250. The minimum Gasteiger partial charge on any atom is -0.493 e. The molecule has 2 aromatic rings. The molecule has 0 spiro atoms. The van der Waals surface area contributed by atoms with Gasteiger partial charge in [-0.15, -0.1) is 0 Å². The van der Waals surface area contributed by atoms with Crippen LogP contribution in [0.4, 0.5) is 0 Å². The van der Waals surface area contributed by atoms with Crippen molar-refractivity contribution in [3.8, 4) is 11.5 Å². The molecule has 0 amide bonds. The summed E-state index contributed by atoms with van der Waals surface area (Å²) in [4.78, 5) is 4.74. The Bertz CT molecular complexity index is 1060. The molecule has 28 heavy (non-hydrogen) atoms. The molecular weight excluding hydrogens is 444 g/mol. The number of amidine groups is 1. The van der Waals surface area contributed by atoms with Crippen molar-refractivity contribution in [2.45, 2.75) is 13.3 Å². The molecule has 0 bridgehead atoms. The van der Waals surface area contributed by atoms with Gasteiger partial charge in [0.05, 0.1) is 14.2 Å². The maximum Gasteiger partial charge on any atom is 0.264 e. The standard InChI is InChI=1S/C20H21BrN2O4S/c1-13-19(15-5-4-6-16(21)12-15)28(24,25)23-20(13)22-10-9-14-7-8-17(26-2)18(11-14)27-3/h4-8,11-12H,9-10H2,1-3H3,(H,22,23). The van der Waals surface area contributed by atoms with Crippen molar-refractivity contribution in [1.29, 1.82) is 0 Å². The summed E-state index contributed by atoms with van der Waals surface area (Å²) in [6.45, 7) is 2.21. The van der Waals surface area contributed by atoms with Gasteiger partial charge in [-0.05, 0) is 48.7 Å². The lowest BCUT2D eigenvalue weighted by Crippen LogP contribution is -2.24. The summed E-state index contributed by atoms with van der Waals surface area (Å²) in [5.74, 6) is 1.70. The molecule has 148 valence electrons. The second kappa shape index (κ2) is 8.36. The van der Waals surface area contributed by atoms with Crippen LogP contribution in [-0.4, -0.2) is 35.0 Å². The van der Waals surface area contributed by atoms with Crippen LogP contribution < -0.4 is 14.2 Å². The quantitative estimate of drug-likeness (QED) is 0.705. The summed E-state index contributed by atoms with van der Waals surface area (Å²) in [6, 6.07) is 12.9. The average Bonchev–Trinajstić information content (AvgIpc) is 2.89. The monoisotopic (exact) mass is 464 g/mol. The summed E-state index contributed by atoms with van der Waals surface area (Å²) in [7, 11) is -0.447. The average molecular weight is 465 g/mol. The third kappa shape index (κ3) is 4.23. The van der Waals surface area contributed by atoms with E-state index in [0.29, 0.717) is 41.4 Å². The van der Waals surface area contributed by atoms with E-state index in [9.17, 15) is 8.42 Å². The van der Waals surface area contributed by atoms with Gasteiger partial charge in [-0.1, -0.05) is 34.1 Å². The first-order chi connectivity index (χ1) is 13.4. The molecule has 0 unspecified atom stereocenters. The van der Waals surface area contributed by atoms with Crippen LogP contribution >= 0.6 is 15.9 Å². The Labute approximate surface area is 173 Å². The van der Waals surface area contributed by atoms with Crippen LogP contribution in [-0.2, 0) is 16.4 Å². The van der Waals surface area contributed by atoms with Gasteiger partial charge in [0.2, 0.25) is 0 Å². The molecular formula is C20H21BrN2O4S. The highest BCUT2D eigenvalue weighted by Crippen LogP contribution is 2.31. The second-order valence-corrected chi connectivity index (χ2v) is 8.77. The summed E-state index contributed by atoms with van der Waals surface area (Å²) < 4.78 is 39.1. The zero-order valence-corrected chi connectivity index (χ0v) is 18.2. The molecule has 1 aliphatic rings. The molecule has 1 heterocycles. The Kier molecular flexibility index (Phi) is 6.10. The van der Waals surface area contributed by atoms with Crippen LogP contribution in [0.15, 0.2) is 57.5 Å². The van der Waals surface area contributed by atoms with Crippen molar-refractivity contribution < 1.29 is 17.9 Å². The highest BCUT2D eigenvalue weighted by molar-refractivity contribution is 9.10. The fourth-order valence-electron chi connectivity index (χ4n) is 3.05. The molecule has 0 radical (unpaired) electrons. The van der Waals surface area contributed by atoms with Gasteiger partial charge < -0.3 is 9.47 Å². The predicted molar refractivity (Wildman–Crippen MR) is 114 cm³/mol. The van der Waals surface area contributed by atoms with E-state index in [0.717, 1.165) is 10.0 Å². The van der Waals surface area contributed by atoms with E-state index in [2.05, 4.69) is 25.6 Å². The molecule has 0 atom stereocenters. The zero-order valence-electron chi connectivity index (χ0n) is 15.8. The van der Waals surface area contributed by atoms with E-state index in [1.165, 1.54) is 0 Å². The largest absolute Gasteiger partial charge is 0.493 e. The first-order valence-electron chi connectivity index (χ1n) is 8.61. The van der Waals surface area contributed by atoms with Gasteiger partial charge in [-0.3, -0.25) is 9.71 Å². The smallest absolute Gasteiger partial charge is 0.264 e. The number of ether oxygens (including phenoxy) is 2. The van der Waals surface area contributed by atoms with Crippen LogP contribution in [0.2, 0.25) is 0 Å². The molecule has 1 N–H and O–H groups in total. The molecule has 0 fully saturated rings. The van der Waals surface area contributed by atoms with Gasteiger partial charge in [-0.2, -0.15) is 0 Å². The summed E-state index contributed by atoms with van der Waals surface area (Å²) in [5.41, 5.74) is 2.27. The number of hydrogen-bond acceptors (Lipinski definition) is 5. The van der Waals surface area contributed by atoms with Crippen LogP contribution in [0.5, 0.6) is 11.5 Å². The van der Waals surface area contributed by atoms with Gasteiger partial charge >= 0.3 is 0 Å². The van der Waals surface area contributed by atoms with E-state index in [1.807, 2.05) is 24.3 Å². The lowest BCUT2D eigenvalue weighted by Gasteiger charge is -2.09. The Morgan fingerprint density at radius 3 is 2.50 bits per heavy atom. The number of halogens is 1. The SMILES string of the molecule is COc1ccc(CCN=C2NS(=O)(=O)C(c3cccc(Br)c3)=C2C)cc1OC. The Morgan fingerprint density at radius 2 is 1.82 bits per heavy atom. The van der Waals surface area contributed by atoms with E-state index in [4.69, 9.17) is 9.47 Å². The molecule has 3 rings (SSSR count). The molecule has 0 saturated carbocycles. The van der Waals surface area contributed by atoms with E-state index < -0.39 is 10.0 Å². The summed E-state index contributed by atoms with van der Waals surface area (Å²) in [6.07, 6.45) is 0.644. The summed E-state index contributed by atoms with van der Waals surface area (Å²) >= 11 is 3.38. The first kappa shape index (κ1) is 20.4. The predicted octanol–water partition coefficient (Wildman–Crippen LogP) is 3.77. The van der Waals surface area contributed by atoms with E-state index in [1.54, 1.807) is 39.3 Å². The maximum atomic E-state index is 12.6. The molecule has 1 aliphatic heterocycles. The maximum absolute atomic E-state index is 12.6. The van der Waals surface area contributed by atoms with Gasteiger partial charge in [0.15, 0.2) is 11.5 Å². The van der Waals surface area contributed by atoms with Gasteiger partial charge in [0, 0.05) is 16.6 Å². The number of nitrogens with zero attached hydrogens (tertiary/aromatic N) is 1. The van der Waals surface area contributed by atoms with Gasteiger partial charge in [-0.25, -0.2) is 8.42 Å². The molecule has 6 nitrogen and oxygen atoms in total. The number of sulfonamides is 1.